The maximum atomic E-state index is 6.10. The normalized spacial score (nSPS) is 10.7. The molecule has 0 spiro atoms. The van der Waals surface area contributed by atoms with Crippen LogP contribution in [-0.4, -0.2) is 10.2 Å². The molecule has 0 bridgehead atoms. The van der Waals surface area contributed by atoms with E-state index in [4.69, 9.17) is 32.4 Å². The molecule has 4 nitrogen and oxygen atoms in total. The van der Waals surface area contributed by atoms with Crippen molar-refractivity contribution in [3.63, 3.8) is 0 Å². The van der Waals surface area contributed by atoms with Crippen LogP contribution in [0.1, 0.15) is 11.5 Å². The molecule has 0 saturated heterocycles. The highest BCUT2D eigenvalue weighted by Gasteiger charge is 2.12. The van der Waals surface area contributed by atoms with Crippen molar-refractivity contribution in [1.29, 1.82) is 0 Å². The zero-order valence-electron chi connectivity index (χ0n) is 11.7. The van der Waals surface area contributed by atoms with Gasteiger partial charge in [-0.1, -0.05) is 35.3 Å². The van der Waals surface area contributed by atoms with Crippen LogP contribution < -0.4 is 4.74 Å². The smallest absolute Gasteiger partial charge is 0.254 e. The Bertz CT molecular complexity index is 802. The summed E-state index contributed by atoms with van der Waals surface area (Å²) in [6, 6.07) is 12.7. The molecule has 0 aliphatic heterocycles. The molecule has 112 valence electrons. The van der Waals surface area contributed by atoms with Gasteiger partial charge in [-0.05, 0) is 42.8 Å². The van der Waals surface area contributed by atoms with Crippen molar-refractivity contribution in [2.24, 2.45) is 0 Å². The number of aromatic nitrogens is 2. The van der Waals surface area contributed by atoms with E-state index >= 15 is 0 Å². The Morgan fingerprint density at radius 1 is 1.05 bits per heavy atom. The van der Waals surface area contributed by atoms with Crippen LogP contribution in [0.5, 0.6) is 5.75 Å². The van der Waals surface area contributed by atoms with E-state index < -0.39 is 0 Å². The summed E-state index contributed by atoms with van der Waals surface area (Å²) in [5.41, 5.74) is 1.65. The highest BCUT2D eigenvalue weighted by molar-refractivity contribution is 6.33. The lowest BCUT2D eigenvalue weighted by atomic mass is 10.2. The molecule has 2 aromatic carbocycles. The van der Waals surface area contributed by atoms with Gasteiger partial charge in [-0.3, -0.25) is 0 Å². The van der Waals surface area contributed by atoms with Crippen molar-refractivity contribution >= 4 is 23.2 Å². The van der Waals surface area contributed by atoms with Gasteiger partial charge in [-0.15, -0.1) is 10.2 Å². The van der Waals surface area contributed by atoms with Gasteiger partial charge in [0, 0.05) is 5.02 Å². The van der Waals surface area contributed by atoms with Gasteiger partial charge in [0.25, 0.3) is 5.89 Å². The molecule has 0 atom stereocenters. The van der Waals surface area contributed by atoms with Gasteiger partial charge in [-0.25, -0.2) is 0 Å². The van der Waals surface area contributed by atoms with E-state index in [1.54, 1.807) is 18.2 Å². The van der Waals surface area contributed by atoms with Gasteiger partial charge < -0.3 is 9.15 Å². The Balaban J connectivity index is 1.72. The fourth-order valence-electron chi connectivity index (χ4n) is 1.91. The third kappa shape index (κ3) is 3.24. The van der Waals surface area contributed by atoms with Crippen LogP contribution in [0.25, 0.3) is 11.5 Å². The molecule has 3 rings (SSSR count). The second-order valence-electron chi connectivity index (χ2n) is 4.68. The predicted molar refractivity (Wildman–Crippen MR) is 85.3 cm³/mol. The second kappa shape index (κ2) is 6.38. The molecule has 0 aliphatic carbocycles. The number of hydrogen-bond donors (Lipinski definition) is 0. The van der Waals surface area contributed by atoms with Crippen molar-refractivity contribution in [2.45, 2.75) is 13.5 Å². The molecule has 0 fully saturated rings. The lowest BCUT2D eigenvalue weighted by Crippen LogP contribution is -1.96. The molecule has 0 saturated carbocycles. The number of benzene rings is 2. The summed E-state index contributed by atoms with van der Waals surface area (Å²) in [5, 5.41) is 9.21. The van der Waals surface area contributed by atoms with Crippen molar-refractivity contribution in [3.8, 4) is 17.2 Å². The number of ether oxygens (including phenoxy) is 1. The maximum Gasteiger partial charge on any atom is 0.254 e. The van der Waals surface area contributed by atoms with E-state index in [2.05, 4.69) is 10.2 Å². The molecule has 1 heterocycles. The molecule has 0 N–H and O–H groups in total. The number of aryl methyl sites for hydroxylation is 1. The molecular formula is C16H12Cl2N2O2. The molecule has 6 heteroatoms. The minimum absolute atomic E-state index is 0.179. The first-order valence-corrected chi connectivity index (χ1v) is 7.35. The van der Waals surface area contributed by atoms with Gasteiger partial charge in [0.2, 0.25) is 5.89 Å². The Hall–Kier alpha value is -2.04. The SMILES string of the molecule is Cc1cc(OCc2nnc(-c3ccccc3Cl)o2)ccc1Cl. The van der Waals surface area contributed by atoms with Crippen LogP contribution in [-0.2, 0) is 6.61 Å². The fraction of sp³-hybridized carbons (Fsp3) is 0.125. The Morgan fingerprint density at radius 2 is 1.86 bits per heavy atom. The van der Waals surface area contributed by atoms with E-state index in [0.29, 0.717) is 33.1 Å². The fourth-order valence-corrected chi connectivity index (χ4v) is 2.24. The van der Waals surface area contributed by atoms with Gasteiger partial charge in [-0.2, -0.15) is 0 Å². The molecule has 0 amide bonds. The van der Waals surface area contributed by atoms with Crippen molar-refractivity contribution in [1.82, 2.24) is 10.2 Å². The first-order chi connectivity index (χ1) is 10.6. The average molecular weight is 335 g/mol. The summed E-state index contributed by atoms with van der Waals surface area (Å²) in [5.74, 6) is 1.44. The number of halogens is 2. The molecule has 22 heavy (non-hydrogen) atoms. The van der Waals surface area contributed by atoms with E-state index in [1.807, 2.05) is 31.2 Å². The monoisotopic (exact) mass is 334 g/mol. The molecule has 3 aromatic rings. The summed E-state index contributed by atoms with van der Waals surface area (Å²) < 4.78 is 11.2. The van der Waals surface area contributed by atoms with Gasteiger partial charge >= 0.3 is 0 Å². The minimum atomic E-state index is 0.179. The lowest BCUT2D eigenvalue weighted by molar-refractivity contribution is 0.264. The van der Waals surface area contributed by atoms with Gasteiger partial charge in [0.15, 0.2) is 6.61 Å². The Labute approximate surface area is 137 Å². The summed E-state index contributed by atoms with van der Waals surface area (Å²) in [6.07, 6.45) is 0. The van der Waals surface area contributed by atoms with E-state index in [1.165, 1.54) is 0 Å². The largest absolute Gasteiger partial charge is 0.484 e. The number of hydrogen-bond acceptors (Lipinski definition) is 4. The summed E-state index contributed by atoms with van der Waals surface area (Å²) in [4.78, 5) is 0. The Morgan fingerprint density at radius 3 is 2.64 bits per heavy atom. The number of rotatable bonds is 4. The highest BCUT2D eigenvalue weighted by atomic mass is 35.5. The van der Waals surface area contributed by atoms with Crippen LogP contribution in [0.15, 0.2) is 46.9 Å². The molecular weight excluding hydrogens is 323 g/mol. The quantitative estimate of drug-likeness (QED) is 0.678. The summed E-state index contributed by atoms with van der Waals surface area (Å²) >= 11 is 12.1. The van der Waals surface area contributed by atoms with Gasteiger partial charge in [0.05, 0.1) is 10.6 Å². The van der Waals surface area contributed by atoms with Crippen molar-refractivity contribution < 1.29 is 9.15 Å². The van der Waals surface area contributed by atoms with Crippen LogP contribution in [0.3, 0.4) is 0 Å². The zero-order chi connectivity index (χ0) is 15.5. The lowest BCUT2D eigenvalue weighted by Gasteiger charge is -2.05. The molecule has 0 unspecified atom stereocenters. The standard InChI is InChI=1S/C16H12Cl2N2O2/c1-10-8-11(6-7-13(10)17)21-9-15-19-20-16(22-15)12-4-2-3-5-14(12)18/h2-8H,9H2,1H3. The molecule has 0 radical (unpaired) electrons. The van der Waals surface area contributed by atoms with Crippen LogP contribution >= 0.6 is 23.2 Å². The van der Waals surface area contributed by atoms with E-state index in [-0.39, 0.29) is 6.61 Å². The van der Waals surface area contributed by atoms with Crippen LogP contribution in [0.2, 0.25) is 10.0 Å². The summed E-state index contributed by atoms with van der Waals surface area (Å²) in [6.45, 7) is 2.09. The third-order valence-electron chi connectivity index (χ3n) is 3.06. The maximum absolute atomic E-state index is 6.10. The van der Waals surface area contributed by atoms with E-state index in [0.717, 1.165) is 5.56 Å². The summed E-state index contributed by atoms with van der Waals surface area (Å²) in [7, 11) is 0. The van der Waals surface area contributed by atoms with Gasteiger partial charge in [0.1, 0.15) is 5.75 Å². The average Bonchev–Trinajstić information content (AvgIpc) is 2.98. The topological polar surface area (TPSA) is 48.2 Å². The second-order valence-corrected chi connectivity index (χ2v) is 5.49. The minimum Gasteiger partial charge on any atom is -0.484 e. The van der Waals surface area contributed by atoms with Crippen LogP contribution in [0, 0.1) is 6.92 Å². The third-order valence-corrected chi connectivity index (χ3v) is 3.82. The first-order valence-electron chi connectivity index (χ1n) is 6.60. The number of nitrogens with zero attached hydrogens (tertiary/aromatic N) is 2. The molecule has 0 aliphatic rings. The van der Waals surface area contributed by atoms with Crippen molar-refractivity contribution in [3.05, 3.63) is 64.0 Å². The molecule has 1 aromatic heterocycles. The van der Waals surface area contributed by atoms with E-state index in [9.17, 15) is 0 Å². The highest BCUT2D eigenvalue weighted by Crippen LogP contribution is 2.27. The zero-order valence-corrected chi connectivity index (χ0v) is 13.2. The first kappa shape index (κ1) is 14.9. The van der Waals surface area contributed by atoms with Crippen molar-refractivity contribution in [2.75, 3.05) is 0 Å². The van der Waals surface area contributed by atoms with Crippen LogP contribution in [0.4, 0.5) is 0 Å². The predicted octanol–water partition coefficient (Wildman–Crippen LogP) is 4.93. The Kier molecular flexibility index (Phi) is 4.32.